The quantitative estimate of drug-likeness (QED) is 0.842. The Labute approximate surface area is 132 Å². The smallest absolute Gasteiger partial charge is 0.335 e. The van der Waals surface area contributed by atoms with E-state index in [1.165, 1.54) is 12.1 Å². The zero-order valence-electron chi connectivity index (χ0n) is 11.9. The van der Waals surface area contributed by atoms with E-state index in [4.69, 9.17) is 19.3 Å². The molecule has 0 bridgehead atoms. The predicted octanol–water partition coefficient (Wildman–Crippen LogP) is 3.49. The third kappa shape index (κ3) is 4.35. The van der Waals surface area contributed by atoms with Gasteiger partial charge >= 0.3 is 5.97 Å². The number of ether oxygens (including phenoxy) is 3. The Balaban J connectivity index is 2.14. The first-order valence-corrected chi connectivity index (χ1v) is 7.85. The summed E-state index contributed by atoms with van der Waals surface area (Å²) in [5, 5.41) is 9.09. The number of hydrogen-bond acceptors (Lipinski definition) is 4. The van der Waals surface area contributed by atoms with Crippen LogP contribution in [0.2, 0.25) is 0 Å². The Kier molecular flexibility index (Phi) is 5.87. The van der Waals surface area contributed by atoms with Crippen molar-refractivity contribution in [3.8, 4) is 11.5 Å². The second-order valence-corrected chi connectivity index (χ2v) is 5.68. The topological polar surface area (TPSA) is 65.0 Å². The van der Waals surface area contributed by atoms with Gasteiger partial charge in [0.2, 0.25) is 0 Å². The summed E-state index contributed by atoms with van der Waals surface area (Å²) >= 11 is 3.35. The highest BCUT2D eigenvalue weighted by atomic mass is 79.9. The normalized spacial score (nSPS) is 18.3. The molecule has 1 heterocycles. The number of hydrogen-bond donors (Lipinski definition) is 1. The van der Waals surface area contributed by atoms with E-state index in [0.29, 0.717) is 29.2 Å². The lowest BCUT2D eigenvalue weighted by Gasteiger charge is -2.23. The molecular weight excluding hydrogens is 340 g/mol. The fourth-order valence-corrected chi connectivity index (χ4v) is 2.77. The molecular formula is C15H19BrO5. The van der Waals surface area contributed by atoms with Crippen LogP contribution in [0.15, 0.2) is 16.6 Å². The third-order valence-corrected chi connectivity index (χ3v) is 3.83. The van der Waals surface area contributed by atoms with Gasteiger partial charge in [-0.3, -0.25) is 0 Å². The molecule has 0 saturated carbocycles. The molecule has 1 saturated heterocycles. The van der Waals surface area contributed by atoms with E-state index in [-0.39, 0.29) is 11.7 Å². The Hall–Kier alpha value is -1.27. The summed E-state index contributed by atoms with van der Waals surface area (Å²) in [6.45, 7) is 3.48. The minimum atomic E-state index is -1.00. The SMILES string of the molecule is CCOc1cc(C(=O)O)cc(Br)c1OCC1CCCCO1. The highest BCUT2D eigenvalue weighted by Gasteiger charge is 2.19. The van der Waals surface area contributed by atoms with Crippen molar-refractivity contribution >= 4 is 21.9 Å². The molecule has 0 radical (unpaired) electrons. The highest BCUT2D eigenvalue weighted by molar-refractivity contribution is 9.10. The van der Waals surface area contributed by atoms with Crippen molar-refractivity contribution in [3.05, 3.63) is 22.2 Å². The van der Waals surface area contributed by atoms with Crippen molar-refractivity contribution in [1.29, 1.82) is 0 Å². The molecule has 1 aliphatic heterocycles. The van der Waals surface area contributed by atoms with Crippen LogP contribution in [0.5, 0.6) is 11.5 Å². The molecule has 5 nitrogen and oxygen atoms in total. The van der Waals surface area contributed by atoms with Gasteiger partial charge in [-0.15, -0.1) is 0 Å². The maximum absolute atomic E-state index is 11.1. The van der Waals surface area contributed by atoms with Gasteiger partial charge in [-0.25, -0.2) is 4.79 Å². The second kappa shape index (κ2) is 7.66. The summed E-state index contributed by atoms with van der Waals surface area (Å²) in [5.74, 6) is -0.0464. The summed E-state index contributed by atoms with van der Waals surface area (Å²) in [6.07, 6.45) is 3.30. The number of rotatable bonds is 6. The van der Waals surface area contributed by atoms with E-state index in [2.05, 4.69) is 15.9 Å². The standard InChI is InChI=1S/C15H19BrO5/c1-2-19-13-8-10(15(17)18)7-12(16)14(13)21-9-11-5-3-4-6-20-11/h7-8,11H,2-6,9H2,1H3,(H,17,18). The molecule has 2 rings (SSSR count). The van der Waals surface area contributed by atoms with Crippen molar-refractivity contribution in [3.63, 3.8) is 0 Å². The average Bonchev–Trinajstić information content (AvgIpc) is 2.47. The molecule has 1 aromatic rings. The summed E-state index contributed by atoms with van der Waals surface area (Å²) in [7, 11) is 0. The number of carbonyl (C=O) groups is 1. The van der Waals surface area contributed by atoms with Crippen LogP contribution in [0.25, 0.3) is 0 Å². The lowest BCUT2D eigenvalue weighted by molar-refractivity contribution is -0.0117. The second-order valence-electron chi connectivity index (χ2n) is 4.82. The lowest BCUT2D eigenvalue weighted by Crippen LogP contribution is -2.26. The van der Waals surface area contributed by atoms with Crippen LogP contribution in [0.1, 0.15) is 36.5 Å². The molecule has 0 spiro atoms. The fraction of sp³-hybridized carbons (Fsp3) is 0.533. The maximum Gasteiger partial charge on any atom is 0.335 e. The largest absolute Gasteiger partial charge is 0.490 e. The number of benzene rings is 1. The number of halogens is 1. The number of aromatic carboxylic acids is 1. The zero-order chi connectivity index (χ0) is 15.2. The fourth-order valence-electron chi connectivity index (χ4n) is 2.21. The molecule has 0 amide bonds. The Morgan fingerprint density at radius 2 is 2.24 bits per heavy atom. The summed E-state index contributed by atoms with van der Waals surface area (Å²) in [4.78, 5) is 11.1. The first-order valence-electron chi connectivity index (χ1n) is 7.05. The van der Waals surface area contributed by atoms with E-state index >= 15 is 0 Å². The zero-order valence-corrected chi connectivity index (χ0v) is 13.5. The molecule has 1 fully saturated rings. The van der Waals surface area contributed by atoms with Gasteiger partial charge in [0.1, 0.15) is 6.61 Å². The molecule has 1 unspecified atom stereocenters. The number of carboxylic acid groups (broad SMARTS) is 1. The van der Waals surface area contributed by atoms with E-state index in [0.717, 1.165) is 25.9 Å². The van der Waals surface area contributed by atoms with Crippen LogP contribution in [0.3, 0.4) is 0 Å². The first-order chi connectivity index (χ1) is 10.1. The van der Waals surface area contributed by atoms with E-state index in [9.17, 15) is 4.79 Å². The van der Waals surface area contributed by atoms with Gasteiger partial charge < -0.3 is 19.3 Å². The van der Waals surface area contributed by atoms with Crippen LogP contribution >= 0.6 is 15.9 Å². The number of carboxylic acids is 1. The maximum atomic E-state index is 11.1. The van der Waals surface area contributed by atoms with Crippen molar-refractivity contribution in [1.82, 2.24) is 0 Å². The molecule has 21 heavy (non-hydrogen) atoms. The molecule has 1 aliphatic rings. The van der Waals surface area contributed by atoms with Gasteiger partial charge in [0.15, 0.2) is 11.5 Å². The first kappa shape index (κ1) is 16.1. The van der Waals surface area contributed by atoms with Gasteiger partial charge in [0.25, 0.3) is 0 Å². The Morgan fingerprint density at radius 1 is 1.43 bits per heavy atom. The average molecular weight is 359 g/mol. The van der Waals surface area contributed by atoms with Crippen molar-refractivity contribution in [2.24, 2.45) is 0 Å². The minimum absolute atomic E-state index is 0.0827. The summed E-state index contributed by atoms with van der Waals surface area (Å²) < 4.78 is 17.5. The highest BCUT2D eigenvalue weighted by Crippen LogP contribution is 2.37. The van der Waals surface area contributed by atoms with Gasteiger partial charge in [0.05, 0.1) is 22.7 Å². The van der Waals surface area contributed by atoms with Crippen LogP contribution in [0.4, 0.5) is 0 Å². The molecule has 0 aliphatic carbocycles. The van der Waals surface area contributed by atoms with E-state index in [1.807, 2.05) is 6.92 Å². The van der Waals surface area contributed by atoms with Crippen LogP contribution in [-0.2, 0) is 4.74 Å². The van der Waals surface area contributed by atoms with Crippen LogP contribution in [0, 0.1) is 0 Å². The van der Waals surface area contributed by atoms with Crippen LogP contribution in [-0.4, -0.2) is 37.0 Å². The summed E-state index contributed by atoms with van der Waals surface area (Å²) in [5.41, 5.74) is 0.159. The van der Waals surface area contributed by atoms with Gasteiger partial charge in [-0.1, -0.05) is 0 Å². The van der Waals surface area contributed by atoms with Crippen LogP contribution < -0.4 is 9.47 Å². The molecule has 1 atom stereocenters. The summed E-state index contributed by atoms with van der Waals surface area (Å²) in [6, 6.07) is 3.00. The minimum Gasteiger partial charge on any atom is -0.490 e. The molecule has 0 aromatic heterocycles. The van der Waals surface area contributed by atoms with E-state index < -0.39 is 5.97 Å². The van der Waals surface area contributed by atoms with Crippen molar-refractivity contribution < 1.29 is 24.1 Å². The Morgan fingerprint density at radius 3 is 2.86 bits per heavy atom. The Bertz CT molecular complexity index is 497. The van der Waals surface area contributed by atoms with Gasteiger partial charge in [-0.2, -0.15) is 0 Å². The van der Waals surface area contributed by atoms with E-state index in [1.54, 1.807) is 0 Å². The van der Waals surface area contributed by atoms with Gasteiger partial charge in [-0.05, 0) is 54.2 Å². The molecule has 1 N–H and O–H groups in total. The predicted molar refractivity (Wildman–Crippen MR) is 81.4 cm³/mol. The lowest BCUT2D eigenvalue weighted by atomic mass is 10.1. The van der Waals surface area contributed by atoms with Crippen molar-refractivity contribution in [2.45, 2.75) is 32.3 Å². The molecule has 6 heteroatoms. The third-order valence-electron chi connectivity index (χ3n) is 3.24. The monoisotopic (exact) mass is 358 g/mol. The molecule has 116 valence electrons. The van der Waals surface area contributed by atoms with Gasteiger partial charge in [0, 0.05) is 6.61 Å². The van der Waals surface area contributed by atoms with Crippen molar-refractivity contribution in [2.75, 3.05) is 19.8 Å². The molecule has 1 aromatic carbocycles.